The number of aryl methyl sites for hydroxylation is 2. The molecule has 0 saturated carbocycles. The van der Waals surface area contributed by atoms with Crippen molar-refractivity contribution in [1.82, 2.24) is 10.3 Å². The molecular formula is C12H22N2OS. The number of hydrogen-bond acceptors (Lipinski definition) is 4. The molecule has 16 heavy (non-hydrogen) atoms. The first-order valence-corrected chi connectivity index (χ1v) is 6.53. The normalized spacial score (nSPS) is 15.1. The lowest BCUT2D eigenvalue weighted by molar-refractivity contribution is 0.118. The van der Waals surface area contributed by atoms with Crippen LogP contribution in [-0.2, 0) is 10.3 Å². The van der Waals surface area contributed by atoms with Crippen LogP contribution in [0.1, 0.15) is 35.8 Å². The summed E-state index contributed by atoms with van der Waals surface area (Å²) < 4.78 is 5.31. The quantitative estimate of drug-likeness (QED) is 0.832. The fraction of sp³-hybridized carbons (Fsp3) is 0.750. The maximum atomic E-state index is 5.31. The number of rotatable bonds is 6. The van der Waals surface area contributed by atoms with Crippen LogP contribution in [0.3, 0.4) is 0 Å². The third-order valence-electron chi connectivity index (χ3n) is 2.70. The average molecular weight is 242 g/mol. The predicted octanol–water partition coefficient (Wildman–Crippen LogP) is 2.62. The smallest absolute Gasteiger partial charge is 0.115 e. The molecule has 1 aromatic rings. The Labute approximate surface area is 102 Å². The van der Waals surface area contributed by atoms with Crippen molar-refractivity contribution in [3.8, 4) is 0 Å². The molecule has 4 heteroatoms. The molecule has 0 aliphatic rings. The molecule has 1 N–H and O–H groups in total. The summed E-state index contributed by atoms with van der Waals surface area (Å²) in [6.45, 7) is 10.1. The van der Waals surface area contributed by atoms with Crippen molar-refractivity contribution in [2.75, 3.05) is 20.3 Å². The zero-order valence-corrected chi connectivity index (χ0v) is 11.7. The molecule has 1 aromatic heterocycles. The van der Waals surface area contributed by atoms with Crippen LogP contribution in [0, 0.1) is 13.8 Å². The van der Waals surface area contributed by atoms with Gasteiger partial charge in [-0.05, 0) is 33.7 Å². The topological polar surface area (TPSA) is 34.1 Å². The van der Waals surface area contributed by atoms with Gasteiger partial charge in [0, 0.05) is 12.0 Å². The number of nitrogens with one attached hydrogen (secondary N) is 1. The van der Waals surface area contributed by atoms with Gasteiger partial charge >= 0.3 is 0 Å². The van der Waals surface area contributed by atoms with Crippen LogP contribution in [0.4, 0.5) is 0 Å². The lowest BCUT2D eigenvalue weighted by atomic mass is 10.0. The van der Waals surface area contributed by atoms with Gasteiger partial charge in [-0.1, -0.05) is 6.92 Å². The van der Waals surface area contributed by atoms with Gasteiger partial charge in [0.05, 0.1) is 17.8 Å². The molecule has 3 nitrogen and oxygen atoms in total. The maximum absolute atomic E-state index is 5.31. The fourth-order valence-electron chi connectivity index (χ4n) is 1.59. The minimum absolute atomic E-state index is 0.158. The Kier molecular flexibility index (Phi) is 4.89. The highest BCUT2D eigenvalue weighted by atomic mass is 32.1. The van der Waals surface area contributed by atoms with E-state index < -0.39 is 0 Å². The van der Waals surface area contributed by atoms with Crippen molar-refractivity contribution >= 4 is 11.3 Å². The summed E-state index contributed by atoms with van der Waals surface area (Å²) in [5.41, 5.74) is 0.967. The van der Waals surface area contributed by atoms with Gasteiger partial charge in [0.2, 0.25) is 0 Å². The summed E-state index contributed by atoms with van der Waals surface area (Å²) in [4.78, 5) is 5.92. The van der Waals surface area contributed by atoms with Crippen LogP contribution in [0.5, 0.6) is 0 Å². The molecule has 1 atom stereocenters. The lowest BCUT2D eigenvalue weighted by Crippen LogP contribution is -2.43. The Morgan fingerprint density at radius 1 is 1.44 bits per heavy atom. The highest BCUT2D eigenvalue weighted by molar-refractivity contribution is 7.11. The Morgan fingerprint density at radius 2 is 2.12 bits per heavy atom. The van der Waals surface area contributed by atoms with E-state index in [4.69, 9.17) is 4.74 Å². The highest BCUT2D eigenvalue weighted by Gasteiger charge is 2.29. The molecule has 0 aromatic carbocycles. The monoisotopic (exact) mass is 242 g/mol. The van der Waals surface area contributed by atoms with Crippen molar-refractivity contribution in [2.24, 2.45) is 0 Å². The highest BCUT2D eigenvalue weighted by Crippen LogP contribution is 2.27. The SMILES string of the molecule is CCCNC(C)(COC)c1nc(C)c(C)s1. The van der Waals surface area contributed by atoms with E-state index in [1.54, 1.807) is 18.4 Å². The zero-order chi connectivity index (χ0) is 12.2. The first kappa shape index (κ1) is 13.6. The van der Waals surface area contributed by atoms with Gasteiger partial charge in [0.25, 0.3) is 0 Å². The van der Waals surface area contributed by atoms with Gasteiger partial charge in [0.15, 0.2) is 0 Å². The van der Waals surface area contributed by atoms with Gasteiger partial charge < -0.3 is 10.1 Å². The molecule has 0 spiro atoms. The van der Waals surface area contributed by atoms with Crippen molar-refractivity contribution in [3.05, 3.63) is 15.6 Å². The summed E-state index contributed by atoms with van der Waals surface area (Å²) in [7, 11) is 1.74. The summed E-state index contributed by atoms with van der Waals surface area (Å²) >= 11 is 1.76. The molecule has 1 unspecified atom stereocenters. The summed E-state index contributed by atoms with van der Waals surface area (Å²) in [5.74, 6) is 0. The van der Waals surface area contributed by atoms with Crippen molar-refractivity contribution in [1.29, 1.82) is 0 Å². The second-order valence-electron chi connectivity index (χ2n) is 4.35. The van der Waals surface area contributed by atoms with Crippen molar-refractivity contribution < 1.29 is 4.74 Å². The zero-order valence-electron chi connectivity index (χ0n) is 10.9. The number of ether oxygens (including phenoxy) is 1. The van der Waals surface area contributed by atoms with Gasteiger partial charge in [-0.2, -0.15) is 0 Å². The Morgan fingerprint density at radius 3 is 2.56 bits per heavy atom. The first-order chi connectivity index (χ1) is 7.53. The van der Waals surface area contributed by atoms with E-state index in [0.717, 1.165) is 23.7 Å². The molecule has 1 rings (SSSR count). The lowest BCUT2D eigenvalue weighted by Gasteiger charge is -2.28. The van der Waals surface area contributed by atoms with Gasteiger partial charge in [0.1, 0.15) is 5.01 Å². The Hall–Kier alpha value is -0.450. The standard InChI is InChI=1S/C12H22N2OS/c1-6-7-13-12(4,8-15-5)11-14-9(2)10(3)16-11/h13H,6-8H2,1-5H3. The maximum Gasteiger partial charge on any atom is 0.115 e. The molecule has 0 aliphatic carbocycles. The predicted molar refractivity (Wildman–Crippen MR) is 69.1 cm³/mol. The Bertz CT molecular complexity index is 318. The largest absolute Gasteiger partial charge is 0.382 e. The van der Waals surface area contributed by atoms with Crippen molar-refractivity contribution in [2.45, 2.75) is 39.7 Å². The van der Waals surface area contributed by atoms with Crippen LogP contribution >= 0.6 is 11.3 Å². The minimum Gasteiger partial charge on any atom is -0.382 e. The molecule has 0 amide bonds. The molecule has 0 fully saturated rings. The average Bonchev–Trinajstić information content (AvgIpc) is 2.57. The van der Waals surface area contributed by atoms with E-state index in [1.807, 2.05) is 0 Å². The second-order valence-corrected chi connectivity index (χ2v) is 5.56. The van der Waals surface area contributed by atoms with E-state index in [9.17, 15) is 0 Å². The van der Waals surface area contributed by atoms with Gasteiger partial charge in [-0.25, -0.2) is 4.98 Å². The van der Waals surface area contributed by atoms with Gasteiger partial charge in [-0.15, -0.1) is 11.3 Å². The summed E-state index contributed by atoms with van der Waals surface area (Å²) in [6, 6.07) is 0. The molecule has 92 valence electrons. The number of nitrogens with zero attached hydrogens (tertiary/aromatic N) is 1. The number of thiazole rings is 1. The fourth-order valence-corrected chi connectivity index (χ4v) is 2.61. The van der Waals surface area contributed by atoms with E-state index >= 15 is 0 Å². The van der Waals surface area contributed by atoms with Crippen LogP contribution in [0.15, 0.2) is 0 Å². The third-order valence-corrected chi connectivity index (χ3v) is 4.04. The third kappa shape index (κ3) is 3.03. The van der Waals surface area contributed by atoms with E-state index in [2.05, 4.69) is 38.0 Å². The van der Waals surface area contributed by atoms with Crippen LogP contribution in [-0.4, -0.2) is 25.2 Å². The molecule has 0 saturated heterocycles. The van der Waals surface area contributed by atoms with Crippen LogP contribution in [0.25, 0.3) is 0 Å². The summed E-state index contributed by atoms with van der Waals surface area (Å²) in [5, 5.41) is 4.65. The molecule has 1 heterocycles. The molecular weight excluding hydrogens is 220 g/mol. The Balaban J connectivity index is 2.91. The van der Waals surface area contributed by atoms with E-state index in [-0.39, 0.29) is 5.54 Å². The van der Waals surface area contributed by atoms with Crippen molar-refractivity contribution in [3.63, 3.8) is 0 Å². The molecule has 0 aliphatic heterocycles. The minimum atomic E-state index is -0.158. The first-order valence-electron chi connectivity index (χ1n) is 5.72. The number of aromatic nitrogens is 1. The molecule has 0 radical (unpaired) electrons. The summed E-state index contributed by atoms with van der Waals surface area (Å²) in [6.07, 6.45) is 1.11. The molecule has 0 bridgehead atoms. The van der Waals surface area contributed by atoms with E-state index in [0.29, 0.717) is 6.61 Å². The number of methoxy groups -OCH3 is 1. The second kappa shape index (κ2) is 5.75. The van der Waals surface area contributed by atoms with E-state index in [1.165, 1.54) is 4.88 Å². The van der Waals surface area contributed by atoms with Gasteiger partial charge in [-0.3, -0.25) is 0 Å². The van der Waals surface area contributed by atoms with Crippen LogP contribution in [0.2, 0.25) is 0 Å². The number of hydrogen-bond donors (Lipinski definition) is 1. The van der Waals surface area contributed by atoms with Crippen LogP contribution < -0.4 is 5.32 Å².